The molecule has 0 atom stereocenters. The predicted molar refractivity (Wildman–Crippen MR) is 96.8 cm³/mol. The van der Waals surface area contributed by atoms with Crippen molar-refractivity contribution in [2.24, 2.45) is 7.05 Å². The second kappa shape index (κ2) is 6.45. The fourth-order valence-corrected chi connectivity index (χ4v) is 2.84. The largest absolute Gasteiger partial charge is 0.494 e. The molecule has 1 aromatic carbocycles. The first kappa shape index (κ1) is 16.2. The van der Waals surface area contributed by atoms with Crippen LogP contribution in [0.5, 0.6) is 5.75 Å². The number of hydrogen-bond donors (Lipinski definition) is 1. The highest BCUT2D eigenvalue weighted by Crippen LogP contribution is 2.25. The molecule has 6 nitrogen and oxygen atoms in total. The number of carbonyl (C=O) groups excluding carboxylic acids is 1. The Morgan fingerprint density at radius 3 is 2.62 bits per heavy atom. The molecule has 0 saturated carbocycles. The van der Waals surface area contributed by atoms with Crippen LogP contribution in [0.3, 0.4) is 0 Å². The molecule has 1 aromatic heterocycles. The number of thiocarbonyl (C=S) groups is 1. The summed E-state index contributed by atoms with van der Waals surface area (Å²) in [6, 6.07) is 7.27. The van der Waals surface area contributed by atoms with E-state index >= 15 is 0 Å². The number of nitrogens with zero attached hydrogens (tertiary/aromatic N) is 3. The summed E-state index contributed by atoms with van der Waals surface area (Å²) in [5.41, 5.74) is 2.87. The first-order chi connectivity index (χ1) is 11.5. The number of aryl methyl sites for hydroxylation is 2. The second-order valence-corrected chi connectivity index (χ2v) is 5.79. The van der Waals surface area contributed by atoms with Crippen LogP contribution in [0.1, 0.15) is 18.2 Å². The summed E-state index contributed by atoms with van der Waals surface area (Å²) in [5, 5.41) is 7.61. The number of hydrogen-bond acceptors (Lipinski definition) is 4. The molecule has 124 valence electrons. The van der Waals surface area contributed by atoms with E-state index in [4.69, 9.17) is 17.0 Å². The van der Waals surface area contributed by atoms with Crippen molar-refractivity contribution in [2.75, 3.05) is 11.5 Å². The van der Waals surface area contributed by atoms with Gasteiger partial charge in [0.15, 0.2) is 5.11 Å². The molecule has 3 rings (SSSR count). The third-order valence-corrected chi connectivity index (χ3v) is 3.92. The number of amides is 1. The van der Waals surface area contributed by atoms with E-state index in [0.717, 1.165) is 17.0 Å². The number of ether oxygens (including phenoxy) is 1. The fourth-order valence-electron chi connectivity index (χ4n) is 2.54. The third kappa shape index (κ3) is 3.03. The minimum atomic E-state index is -0.188. The van der Waals surface area contributed by atoms with Gasteiger partial charge in [0.2, 0.25) is 0 Å². The molecule has 1 saturated heterocycles. The molecule has 0 spiro atoms. The van der Waals surface area contributed by atoms with E-state index in [2.05, 4.69) is 10.4 Å². The second-order valence-electron chi connectivity index (χ2n) is 5.40. The molecule has 0 radical (unpaired) electrons. The molecule has 0 bridgehead atoms. The standard InChI is InChI=1S/C17H18N4O2S/c1-4-23-14-7-5-13(6-8-14)21-16(22)15(18-17(21)24)9-12-10-20(3)19-11(12)2/h5-10H,4H2,1-3H3,(H,18,24)/b15-9+. The SMILES string of the molecule is CCOc1ccc(N2C(=O)/C(=C\c3cn(C)nc3C)NC2=S)cc1. The smallest absolute Gasteiger partial charge is 0.281 e. The summed E-state index contributed by atoms with van der Waals surface area (Å²) in [7, 11) is 1.84. The van der Waals surface area contributed by atoms with Crippen LogP contribution in [-0.4, -0.2) is 27.4 Å². The van der Waals surface area contributed by atoms with Crippen molar-refractivity contribution < 1.29 is 9.53 Å². The van der Waals surface area contributed by atoms with Crippen molar-refractivity contribution in [1.29, 1.82) is 0 Å². The Kier molecular flexibility index (Phi) is 4.35. The maximum Gasteiger partial charge on any atom is 0.281 e. The monoisotopic (exact) mass is 342 g/mol. The number of aromatic nitrogens is 2. The van der Waals surface area contributed by atoms with Crippen LogP contribution >= 0.6 is 12.2 Å². The summed E-state index contributed by atoms with van der Waals surface area (Å²) in [4.78, 5) is 14.2. The van der Waals surface area contributed by atoms with Crippen molar-refractivity contribution in [3.63, 3.8) is 0 Å². The van der Waals surface area contributed by atoms with Gasteiger partial charge in [-0.1, -0.05) is 0 Å². The average molecular weight is 342 g/mol. The summed E-state index contributed by atoms with van der Waals surface area (Å²) in [6.07, 6.45) is 3.63. The molecule has 0 aliphatic carbocycles. The van der Waals surface area contributed by atoms with Gasteiger partial charge in [-0.25, -0.2) is 0 Å². The Morgan fingerprint density at radius 2 is 2.04 bits per heavy atom. The van der Waals surface area contributed by atoms with Crippen LogP contribution in [-0.2, 0) is 11.8 Å². The Morgan fingerprint density at radius 1 is 1.33 bits per heavy atom. The van der Waals surface area contributed by atoms with Gasteiger partial charge < -0.3 is 10.1 Å². The van der Waals surface area contributed by atoms with Crippen LogP contribution in [0.4, 0.5) is 5.69 Å². The zero-order valence-corrected chi connectivity index (χ0v) is 14.6. The fraction of sp³-hybridized carbons (Fsp3) is 0.235. The highest BCUT2D eigenvalue weighted by Gasteiger charge is 2.32. The van der Waals surface area contributed by atoms with Gasteiger partial charge in [-0.3, -0.25) is 14.4 Å². The van der Waals surface area contributed by atoms with E-state index in [0.29, 0.717) is 23.1 Å². The van der Waals surface area contributed by atoms with Crippen molar-refractivity contribution in [3.8, 4) is 5.75 Å². The van der Waals surface area contributed by atoms with Gasteiger partial charge in [0.1, 0.15) is 11.4 Å². The van der Waals surface area contributed by atoms with Crippen molar-refractivity contribution in [2.45, 2.75) is 13.8 Å². The van der Waals surface area contributed by atoms with Gasteiger partial charge in [-0.15, -0.1) is 0 Å². The van der Waals surface area contributed by atoms with Gasteiger partial charge in [0.05, 0.1) is 18.0 Å². The lowest BCUT2D eigenvalue weighted by Crippen LogP contribution is -2.30. The lowest BCUT2D eigenvalue weighted by atomic mass is 10.2. The molecule has 1 aliphatic heterocycles. The quantitative estimate of drug-likeness (QED) is 0.683. The molecule has 0 unspecified atom stereocenters. The lowest BCUT2D eigenvalue weighted by Gasteiger charge is -2.14. The summed E-state index contributed by atoms with van der Waals surface area (Å²) < 4.78 is 7.13. The maximum absolute atomic E-state index is 12.7. The molecule has 1 amide bonds. The molecular weight excluding hydrogens is 324 g/mol. The van der Waals surface area contributed by atoms with Crippen LogP contribution < -0.4 is 15.0 Å². The van der Waals surface area contributed by atoms with Gasteiger partial charge in [0, 0.05) is 18.8 Å². The van der Waals surface area contributed by atoms with E-state index in [1.54, 1.807) is 10.8 Å². The van der Waals surface area contributed by atoms with Gasteiger partial charge in [0.25, 0.3) is 5.91 Å². The number of anilines is 1. The molecule has 2 heterocycles. The Balaban J connectivity index is 1.87. The first-order valence-corrected chi connectivity index (χ1v) is 8.00. The zero-order valence-electron chi connectivity index (χ0n) is 13.7. The third-order valence-electron chi connectivity index (χ3n) is 3.64. The van der Waals surface area contributed by atoms with Crippen molar-refractivity contribution in [3.05, 3.63) is 47.4 Å². The topological polar surface area (TPSA) is 59.4 Å². The number of nitrogens with one attached hydrogen (secondary N) is 1. The Bertz CT molecular complexity index is 824. The predicted octanol–water partition coefficient (Wildman–Crippen LogP) is 2.39. The van der Waals surface area contributed by atoms with Crippen molar-refractivity contribution >= 4 is 35.0 Å². The summed E-state index contributed by atoms with van der Waals surface area (Å²) >= 11 is 5.32. The maximum atomic E-state index is 12.7. The van der Waals surface area contributed by atoms with E-state index in [9.17, 15) is 4.79 Å². The van der Waals surface area contributed by atoms with Crippen molar-refractivity contribution in [1.82, 2.24) is 15.1 Å². The normalized spacial score (nSPS) is 16.0. The number of rotatable bonds is 4. The van der Waals surface area contributed by atoms with Crippen LogP contribution in [0, 0.1) is 6.92 Å². The highest BCUT2D eigenvalue weighted by molar-refractivity contribution is 7.80. The number of carbonyl (C=O) groups is 1. The summed E-state index contributed by atoms with van der Waals surface area (Å²) in [5.74, 6) is 0.570. The van der Waals surface area contributed by atoms with Crippen LogP contribution in [0.15, 0.2) is 36.2 Å². The van der Waals surface area contributed by atoms with Gasteiger partial charge >= 0.3 is 0 Å². The number of benzene rings is 1. The van der Waals surface area contributed by atoms with Crippen LogP contribution in [0.25, 0.3) is 6.08 Å². The molecule has 1 N–H and O–H groups in total. The zero-order chi connectivity index (χ0) is 17.3. The van der Waals surface area contributed by atoms with Crippen LogP contribution in [0.2, 0.25) is 0 Å². The Labute approximate surface area is 145 Å². The van der Waals surface area contributed by atoms with E-state index in [-0.39, 0.29) is 5.91 Å². The minimum Gasteiger partial charge on any atom is -0.494 e. The summed E-state index contributed by atoms with van der Waals surface area (Å²) in [6.45, 7) is 4.42. The molecule has 24 heavy (non-hydrogen) atoms. The first-order valence-electron chi connectivity index (χ1n) is 7.60. The van der Waals surface area contributed by atoms with E-state index in [1.165, 1.54) is 4.90 Å². The average Bonchev–Trinajstić information content (AvgIpc) is 3.00. The molecule has 7 heteroatoms. The lowest BCUT2D eigenvalue weighted by molar-refractivity contribution is -0.113. The molecular formula is C17H18N4O2S. The molecule has 2 aromatic rings. The molecule has 1 aliphatic rings. The van der Waals surface area contributed by atoms with E-state index in [1.807, 2.05) is 51.4 Å². The minimum absolute atomic E-state index is 0.188. The molecule has 1 fully saturated rings. The van der Waals surface area contributed by atoms with Gasteiger partial charge in [-0.2, -0.15) is 5.10 Å². The Hall–Kier alpha value is -2.67. The van der Waals surface area contributed by atoms with Gasteiger partial charge in [-0.05, 0) is 56.4 Å². The van der Waals surface area contributed by atoms with E-state index < -0.39 is 0 Å². The highest BCUT2D eigenvalue weighted by atomic mass is 32.1.